The molecule has 178 valence electrons. The highest BCUT2D eigenvalue weighted by Crippen LogP contribution is 2.38. The maximum atomic E-state index is 14.1. The topological polar surface area (TPSA) is 60.2 Å². The summed E-state index contributed by atoms with van der Waals surface area (Å²) in [7, 11) is 0. The van der Waals surface area contributed by atoms with Crippen molar-refractivity contribution in [2.75, 3.05) is 13.1 Å². The minimum atomic E-state index is -0.457. The molecule has 1 fully saturated rings. The number of likely N-dealkylation sites (tertiary alicyclic amines) is 1. The van der Waals surface area contributed by atoms with Gasteiger partial charge in [0, 0.05) is 18.8 Å². The van der Waals surface area contributed by atoms with Gasteiger partial charge in [0.05, 0.1) is 0 Å². The minimum absolute atomic E-state index is 0.0272. The molecule has 0 N–H and O–H groups in total. The molecule has 1 aromatic heterocycles. The fourth-order valence-electron chi connectivity index (χ4n) is 4.11. The first kappa shape index (κ1) is 23.1. The molecule has 1 amide bonds. The first-order valence-electron chi connectivity index (χ1n) is 11.6. The first-order chi connectivity index (χ1) is 17.2. The molecule has 1 atom stereocenters. The summed E-state index contributed by atoms with van der Waals surface area (Å²) in [4.78, 5) is 15.5. The summed E-state index contributed by atoms with van der Waals surface area (Å²) in [6, 6.07) is 25.7. The summed E-state index contributed by atoms with van der Waals surface area (Å²) in [5.41, 5.74) is 1.76. The molecular formula is C27H25FN4O2S. The molecule has 0 radical (unpaired) electrons. The second kappa shape index (κ2) is 10.7. The van der Waals surface area contributed by atoms with Gasteiger partial charge in [-0.2, -0.15) is 0 Å². The summed E-state index contributed by atoms with van der Waals surface area (Å²) in [6.07, 6.45) is 2.05. The van der Waals surface area contributed by atoms with Crippen molar-refractivity contribution in [3.63, 3.8) is 0 Å². The Morgan fingerprint density at radius 2 is 1.57 bits per heavy atom. The number of carbonyl (C=O) groups is 1. The van der Waals surface area contributed by atoms with Crippen LogP contribution in [0, 0.1) is 5.82 Å². The van der Waals surface area contributed by atoms with Crippen LogP contribution in [-0.2, 0) is 11.4 Å². The van der Waals surface area contributed by atoms with E-state index in [0.717, 1.165) is 37.2 Å². The molecular weight excluding hydrogens is 463 g/mol. The van der Waals surface area contributed by atoms with Crippen molar-refractivity contribution < 1.29 is 13.9 Å². The Balaban J connectivity index is 1.49. The molecule has 35 heavy (non-hydrogen) atoms. The Kier molecular flexibility index (Phi) is 7.09. The van der Waals surface area contributed by atoms with Crippen molar-refractivity contribution in [2.45, 2.75) is 29.9 Å². The van der Waals surface area contributed by atoms with Crippen LogP contribution >= 0.6 is 11.8 Å². The van der Waals surface area contributed by atoms with Gasteiger partial charge in [-0.1, -0.05) is 72.4 Å². The summed E-state index contributed by atoms with van der Waals surface area (Å²) in [6.45, 7) is 1.57. The predicted octanol–water partition coefficient (Wildman–Crippen LogP) is 5.44. The molecule has 0 saturated carbocycles. The molecule has 8 heteroatoms. The van der Waals surface area contributed by atoms with Gasteiger partial charge in [0.25, 0.3) is 0 Å². The normalized spacial score (nSPS) is 14.1. The molecule has 4 aromatic rings. The first-order valence-corrected chi connectivity index (χ1v) is 12.5. The van der Waals surface area contributed by atoms with Gasteiger partial charge in [0.2, 0.25) is 5.91 Å². The Morgan fingerprint density at radius 3 is 2.29 bits per heavy atom. The number of halogens is 1. The van der Waals surface area contributed by atoms with Gasteiger partial charge in [0.15, 0.2) is 22.5 Å². The predicted molar refractivity (Wildman–Crippen MR) is 133 cm³/mol. The highest BCUT2D eigenvalue weighted by molar-refractivity contribution is 8.00. The van der Waals surface area contributed by atoms with Gasteiger partial charge in [-0.25, -0.2) is 4.39 Å². The molecule has 6 nitrogen and oxygen atoms in total. The lowest BCUT2D eigenvalue weighted by atomic mass is 10.1. The van der Waals surface area contributed by atoms with Crippen LogP contribution in [0.3, 0.4) is 0 Å². The number of thioether (sulfide) groups is 1. The lowest BCUT2D eigenvalue weighted by Gasteiger charge is -2.23. The fourth-order valence-corrected chi connectivity index (χ4v) is 5.27. The second-order valence-electron chi connectivity index (χ2n) is 8.23. The molecule has 2 heterocycles. The molecule has 5 rings (SSSR count). The molecule has 3 aromatic carbocycles. The highest BCUT2D eigenvalue weighted by atomic mass is 32.2. The van der Waals surface area contributed by atoms with E-state index in [1.54, 1.807) is 18.2 Å². The summed E-state index contributed by atoms with van der Waals surface area (Å²) in [5.74, 6) is 0.303. The van der Waals surface area contributed by atoms with Crippen molar-refractivity contribution in [3.8, 4) is 11.4 Å². The van der Waals surface area contributed by atoms with Crippen molar-refractivity contribution in [1.29, 1.82) is 0 Å². The van der Waals surface area contributed by atoms with E-state index in [0.29, 0.717) is 11.0 Å². The van der Waals surface area contributed by atoms with E-state index in [1.807, 2.05) is 70.1 Å². The average molecular weight is 489 g/mol. The zero-order valence-electron chi connectivity index (χ0n) is 19.1. The molecule has 1 saturated heterocycles. The van der Waals surface area contributed by atoms with Gasteiger partial charge in [0.1, 0.15) is 11.9 Å². The van der Waals surface area contributed by atoms with E-state index < -0.39 is 11.1 Å². The smallest absolute Gasteiger partial charge is 0.240 e. The zero-order valence-corrected chi connectivity index (χ0v) is 19.9. The molecule has 0 aliphatic carbocycles. The molecule has 1 unspecified atom stereocenters. The zero-order chi connectivity index (χ0) is 24.0. The second-order valence-corrected chi connectivity index (χ2v) is 9.30. The standard InChI is InChI=1S/C27H25FN4O2S/c28-22-15-7-8-16-23(22)34-19-24-29-30-27(32(24)21-13-5-2-6-14-21)35-25(20-11-3-1-4-12-20)26(33)31-17-9-10-18-31/h1-8,11-16,25H,9-10,17-19H2. The van der Waals surface area contributed by atoms with Crippen LogP contribution in [0.2, 0.25) is 0 Å². The Hall–Kier alpha value is -3.65. The number of para-hydroxylation sites is 2. The van der Waals surface area contributed by atoms with E-state index in [-0.39, 0.29) is 18.3 Å². The highest BCUT2D eigenvalue weighted by Gasteiger charge is 2.31. The lowest BCUT2D eigenvalue weighted by molar-refractivity contribution is -0.129. The van der Waals surface area contributed by atoms with Crippen molar-refractivity contribution >= 4 is 17.7 Å². The van der Waals surface area contributed by atoms with Crippen molar-refractivity contribution in [1.82, 2.24) is 19.7 Å². The van der Waals surface area contributed by atoms with Crippen LogP contribution in [-0.4, -0.2) is 38.7 Å². The van der Waals surface area contributed by atoms with Gasteiger partial charge >= 0.3 is 0 Å². The van der Waals surface area contributed by atoms with E-state index in [1.165, 1.54) is 17.8 Å². The number of amides is 1. The Bertz CT molecular complexity index is 1280. The van der Waals surface area contributed by atoms with Crippen LogP contribution in [0.15, 0.2) is 90.1 Å². The van der Waals surface area contributed by atoms with Crippen LogP contribution in [0.4, 0.5) is 4.39 Å². The number of aromatic nitrogens is 3. The fraction of sp³-hybridized carbons (Fsp3) is 0.222. The minimum Gasteiger partial charge on any atom is -0.483 e. The average Bonchev–Trinajstić information content (AvgIpc) is 3.58. The third kappa shape index (κ3) is 5.22. The van der Waals surface area contributed by atoms with Crippen molar-refractivity contribution in [3.05, 3.63) is 102 Å². The van der Waals surface area contributed by atoms with Gasteiger partial charge in [-0.15, -0.1) is 10.2 Å². The number of hydrogen-bond donors (Lipinski definition) is 0. The van der Waals surface area contributed by atoms with E-state index >= 15 is 0 Å². The van der Waals surface area contributed by atoms with Gasteiger partial charge in [-0.3, -0.25) is 9.36 Å². The number of ether oxygens (including phenoxy) is 1. The van der Waals surface area contributed by atoms with E-state index in [9.17, 15) is 9.18 Å². The lowest BCUT2D eigenvalue weighted by Crippen LogP contribution is -2.31. The van der Waals surface area contributed by atoms with Crippen molar-refractivity contribution in [2.24, 2.45) is 0 Å². The van der Waals surface area contributed by atoms with E-state index in [4.69, 9.17) is 4.74 Å². The van der Waals surface area contributed by atoms with Crippen LogP contribution < -0.4 is 4.74 Å². The number of hydrogen-bond acceptors (Lipinski definition) is 5. The molecule has 1 aliphatic rings. The van der Waals surface area contributed by atoms with Crippen LogP contribution in [0.5, 0.6) is 5.75 Å². The quantitative estimate of drug-likeness (QED) is 0.309. The van der Waals surface area contributed by atoms with Gasteiger partial charge < -0.3 is 9.64 Å². The number of nitrogens with zero attached hydrogens (tertiary/aromatic N) is 4. The van der Waals surface area contributed by atoms with Crippen LogP contribution in [0.1, 0.15) is 29.5 Å². The number of rotatable bonds is 8. The summed E-state index contributed by atoms with van der Waals surface area (Å²) < 4.78 is 21.7. The molecule has 0 bridgehead atoms. The Labute approximate surface area is 207 Å². The summed E-state index contributed by atoms with van der Waals surface area (Å²) in [5, 5.41) is 8.91. The third-order valence-corrected chi connectivity index (χ3v) is 7.06. The number of carbonyl (C=O) groups excluding carboxylic acids is 1. The molecule has 0 spiro atoms. The number of benzene rings is 3. The summed E-state index contributed by atoms with van der Waals surface area (Å²) >= 11 is 1.37. The monoisotopic (exact) mass is 488 g/mol. The SMILES string of the molecule is O=C(C(Sc1nnc(COc2ccccc2F)n1-c1ccccc1)c1ccccc1)N1CCCC1. The largest absolute Gasteiger partial charge is 0.483 e. The Morgan fingerprint density at radius 1 is 0.914 bits per heavy atom. The maximum Gasteiger partial charge on any atom is 0.240 e. The van der Waals surface area contributed by atoms with E-state index in [2.05, 4.69) is 10.2 Å². The maximum absolute atomic E-state index is 14.1. The van der Waals surface area contributed by atoms with Gasteiger partial charge in [-0.05, 0) is 42.7 Å². The van der Waals surface area contributed by atoms with Crippen LogP contribution in [0.25, 0.3) is 5.69 Å². The molecule has 1 aliphatic heterocycles. The third-order valence-electron chi connectivity index (χ3n) is 5.88.